The van der Waals surface area contributed by atoms with E-state index in [4.69, 9.17) is 28.3 Å². The molecule has 1 rings (SSSR count). The summed E-state index contributed by atoms with van der Waals surface area (Å²) in [7, 11) is 0. The molecule has 0 aliphatic heterocycles. The van der Waals surface area contributed by atoms with Gasteiger partial charge in [-0.1, -0.05) is 43.5 Å². The minimum absolute atomic E-state index is 0.0836. The Hall–Kier alpha value is -0.910. The number of carboxylic acid groups (broad SMARTS) is 1. The molecule has 2 N–H and O–H groups in total. The van der Waals surface area contributed by atoms with Gasteiger partial charge in [-0.2, -0.15) is 0 Å². The van der Waals surface area contributed by atoms with Crippen molar-refractivity contribution in [2.75, 3.05) is 5.75 Å². The number of carbonyl (C=O) groups is 2. The van der Waals surface area contributed by atoms with E-state index in [1.807, 2.05) is 6.92 Å². The number of rotatable bonds is 7. The van der Waals surface area contributed by atoms with Crippen molar-refractivity contribution < 1.29 is 14.7 Å². The summed E-state index contributed by atoms with van der Waals surface area (Å²) >= 11 is 13.1. The number of thioether (sulfide) groups is 1. The van der Waals surface area contributed by atoms with E-state index in [9.17, 15) is 9.59 Å². The van der Waals surface area contributed by atoms with Gasteiger partial charge in [0.05, 0.1) is 10.8 Å². The van der Waals surface area contributed by atoms with Gasteiger partial charge < -0.3 is 10.4 Å². The highest BCUT2D eigenvalue weighted by Gasteiger charge is 2.25. The van der Waals surface area contributed by atoms with Crippen LogP contribution < -0.4 is 5.32 Å². The molecule has 0 bridgehead atoms. The highest BCUT2D eigenvalue weighted by atomic mass is 35.5. The lowest BCUT2D eigenvalue weighted by atomic mass is 9.99. The molecule has 2 atom stereocenters. The Morgan fingerprint density at radius 1 is 1.38 bits per heavy atom. The van der Waals surface area contributed by atoms with E-state index in [1.165, 1.54) is 11.8 Å². The van der Waals surface area contributed by atoms with Gasteiger partial charge in [-0.15, -0.1) is 11.8 Å². The van der Waals surface area contributed by atoms with Crippen LogP contribution in [-0.2, 0) is 9.59 Å². The largest absolute Gasteiger partial charge is 0.480 e. The van der Waals surface area contributed by atoms with Gasteiger partial charge in [0.2, 0.25) is 5.91 Å². The minimum atomic E-state index is -1.02. The zero-order valence-electron chi connectivity index (χ0n) is 11.7. The predicted molar refractivity (Wildman–Crippen MR) is 86.2 cm³/mol. The Morgan fingerprint density at radius 2 is 2.05 bits per heavy atom. The van der Waals surface area contributed by atoms with E-state index < -0.39 is 12.0 Å². The number of carbonyl (C=O) groups excluding carboxylic acids is 1. The average Bonchev–Trinajstić information content (AvgIpc) is 2.44. The Balaban J connectivity index is 2.61. The quantitative estimate of drug-likeness (QED) is 0.736. The SMILES string of the molecule is CC[C@H](C)[C@H](NC(=O)CSc1cc(Cl)ccc1Cl)C(=O)O. The zero-order valence-corrected chi connectivity index (χ0v) is 14.1. The Labute approximate surface area is 138 Å². The smallest absolute Gasteiger partial charge is 0.326 e. The first-order valence-electron chi connectivity index (χ1n) is 6.45. The maximum Gasteiger partial charge on any atom is 0.326 e. The van der Waals surface area contributed by atoms with E-state index in [0.29, 0.717) is 21.4 Å². The van der Waals surface area contributed by atoms with Gasteiger partial charge in [0.1, 0.15) is 6.04 Å². The number of hydrogen-bond acceptors (Lipinski definition) is 3. The second kappa shape index (κ2) is 8.51. The molecule has 0 radical (unpaired) electrons. The van der Waals surface area contributed by atoms with Crippen molar-refractivity contribution in [1.29, 1.82) is 0 Å². The molecular weight excluding hydrogens is 333 g/mol. The molecule has 0 fully saturated rings. The van der Waals surface area contributed by atoms with Crippen LogP contribution >= 0.6 is 35.0 Å². The van der Waals surface area contributed by atoms with Crippen LogP contribution in [-0.4, -0.2) is 28.8 Å². The zero-order chi connectivity index (χ0) is 16.0. The van der Waals surface area contributed by atoms with Crippen LogP contribution in [0.2, 0.25) is 10.0 Å². The van der Waals surface area contributed by atoms with Crippen molar-refractivity contribution in [3.05, 3.63) is 28.2 Å². The minimum Gasteiger partial charge on any atom is -0.480 e. The molecule has 0 spiro atoms. The van der Waals surface area contributed by atoms with Crippen molar-refractivity contribution in [2.45, 2.75) is 31.2 Å². The number of carboxylic acids is 1. The maximum absolute atomic E-state index is 11.9. The molecule has 1 amide bonds. The Kier molecular flexibility index (Phi) is 7.35. The van der Waals surface area contributed by atoms with Crippen LogP contribution in [0.3, 0.4) is 0 Å². The number of benzene rings is 1. The normalized spacial score (nSPS) is 13.5. The standard InChI is InChI=1S/C14H17Cl2NO3S/c1-3-8(2)13(14(19)20)17-12(18)7-21-11-6-9(15)4-5-10(11)16/h4-6,8,13H,3,7H2,1-2H3,(H,17,18)(H,19,20)/t8-,13-/m0/s1. The first-order chi connectivity index (χ1) is 9.85. The number of amides is 1. The maximum atomic E-state index is 11.9. The second-order valence-electron chi connectivity index (χ2n) is 4.63. The summed E-state index contributed by atoms with van der Waals surface area (Å²) in [5.74, 6) is -1.42. The van der Waals surface area contributed by atoms with E-state index in [1.54, 1.807) is 25.1 Å². The van der Waals surface area contributed by atoms with Gasteiger partial charge in [-0.05, 0) is 24.1 Å². The molecule has 0 unspecified atom stereocenters. The number of hydrogen-bond donors (Lipinski definition) is 2. The molecule has 0 saturated heterocycles. The summed E-state index contributed by atoms with van der Waals surface area (Å²) in [6.45, 7) is 3.67. The first-order valence-corrected chi connectivity index (χ1v) is 8.19. The van der Waals surface area contributed by atoms with Crippen LogP contribution in [0.4, 0.5) is 0 Å². The number of aliphatic carboxylic acids is 1. The third-order valence-corrected chi connectivity index (χ3v) is 4.78. The highest BCUT2D eigenvalue weighted by molar-refractivity contribution is 8.00. The second-order valence-corrected chi connectivity index (χ2v) is 6.49. The number of halogens is 2. The van der Waals surface area contributed by atoms with E-state index in [0.717, 1.165) is 0 Å². The van der Waals surface area contributed by atoms with E-state index in [-0.39, 0.29) is 17.6 Å². The summed E-state index contributed by atoms with van der Waals surface area (Å²) in [6.07, 6.45) is 0.671. The van der Waals surface area contributed by atoms with Crippen molar-refractivity contribution >= 4 is 46.8 Å². The van der Waals surface area contributed by atoms with Crippen LogP contribution in [0.15, 0.2) is 23.1 Å². The van der Waals surface area contributed by atoms with Crippen molar-refractivity contribution in [2.24, 2.45) is 5.92 Å². The van der Waals surface area contributed by atoms with Gasteiger partial charge >= 0.3 is 5.97 Å². The van der Waals surface area contributed by atoms with Crippen molar-refractivity contribution in [3.8, 4) is 0 Å². The summed E-state index contributed by atoms with van der Waals surface area (Å²) in [4.78, 5) is 23.7. The molecule has 0 aromatic heterocycles. The highest BCUT2D eigenvalue weighted by Crippen LogP contribution is 2.29. The molecule has 0 aliphatic rings. The topological polar surface area (TPSA) is 66.4 Å². The molecule has 0 aliphatic carbocycles. The van der Waals surface area contributed by atoms with Crippen LogP contribution in [0.1, 0.15) is 20.3 Å². The van der Waals surface area contributed by atoms with Gasteiger partial charge in [0.15, 0.2) is 0 Å². The first kappa shape index (κ1) is 18.1. The summed E-state index contributed by atoms with van der Waals surface area (Å²) < 4.78 is 0. The lowest BCUT2D eigenvalue weighted by Crippen LogP contribution is -2.45. The fourth-order valence-electron chi connectivity index (χ4n) is 1.63. The average molecular weight is 350 g/mol. The summed E-state index contributed by atoms with van der Waals surface area (Å²) in [6, 6.07) is 4.12. The monoisotopic (exact) mass is 349 g/mol. The molecule has 0 heterocycles. The van der Waals surface area contributed by atoms with Gasteiger partial charge in [0, 0.05) is 9.92 Å². The lowest BCUT2D eigenvalue weighted by Gasteiger charge is -2.20. The molecule has 21 heavy (non-hydrogen) atoms. The lowest BCUT2D eigenvalue weighted by molar-refractivity contribution is -0.143. The van der Waals surface area contributed by atoms with Crippen LogP contribution in [0.5, 0.6) is 0 Å². The molecule has 7 heteroatoms. The fraction of sp³-hybridized carbons (Fsp3) is 0.429. The third-order valence-electron chi connectivity index (χ3n) is 3.05. The molecular formula is C14H17Cl2NO3S. The molecule has 0 saturated carbocycles. The Bertz CT molecular complexity index is 525. The number of nitrogens with one attached hydrogen (secondary N) is 1. The molecule has 116 valence electrons. The van der Waals surface area contributed by atoms with Gasteiger partial charge in [0.25, 0.3) is 0 Å². The van der Waals surface area contributed by atoms with E-state index >= 15 is 0 Å². The van der Waals surface area contributed by atoms with Crippen LogP contribution in [0, 0.1) is 5.92 Å². The van der Waals surface area contributed by atoms with Crippen LogP contribution in [0.25, 0.3) is 0 Å². The van der Waals surface area contributed by atoms with Crippen molar-refractivity contribution in [1.82, 2.24) is 5.32 Å². The molecule has 1 aromatic rings. The predicted octanol–water partition coefficient (Wildman–Crippen LogP) is 3.70. The van der Waals surface area contributed by atoms with Crippen molar-refractivity contribution in [3.63, 3.8) is 0 Å². The van der Waals surface area contributed by atoms with E-state index in [2.05, 4.69) is 5.32 Å². The molecule has 4 nitrogen and oxygen atoms in total. The Morgan fingerprint density at radius 3 is 2.62 bits per heavy atom. The third kappa shape index (κ3) is 5.77. The molecule has 1 aromatic carbocycles. The van der Waals surface area contributed by atoms with Gasteiger partial charge in [-0.25, -0.2) is 4.79 Å². The summed E-state index contributed by atoms with van der Waals surface area (Å²) in [5, 5.41) is 12.7. The summed E-state index contributed by atoms with van der Waals surface area (Å²) in [5.41, 5.74) is 0. The van der Waals surface area contributed by atoms with Gasteiger partial charge in [-0.3, -0.25) is 4.79 Å². The fourth-order valence-corrected chi connectivity index (χ4v) is 2.93.